The van der Waals surface area contributed by atoms with Crippen molar-refractivity contribution in [2.75, 3.05) is 6.54 Å². The van der Waals surface area contributed by atoms with Gasteiger partial charge in [-0.3, -0.25) is 4.79 Å². The van der Waals surface area contributed by atoms with Gasteiger partial charge in [0.05, 0.1) is 11.1 Å². The van der Waals surface area contributed by atoms with Crippen molar-refractivity contribution in [2.45, 2.75) is 25.3 Å². The summed E-state index contributed by atoms with van der Waals surface area (Å²) in [5.74, 6) is 0.469. The van der Waals surface area contributed by atoms with Crippen LogP contribution in [0.15, 0.2) is 28.7 Å². The molecule has 0 spiro atoms. The van der Waals surface area contributed by atoms with Crippen LogP contribution in [0.2, 0.25) is 0 Å². The third kappa shape index (κ3) is 2.69. The molecule has 0 radical (unpaired) electrons. The third-order valence-electron chi connectivity index (χ3n) is 3.42. The van der Waals surface area contributed by atoms with Gasteiger partial charge in [0.15, 0.2) is 0 Å². The topological polar surface area (TPSA) is 55.1 Å². The fourth-order valence-electron chi connectivity index (χ4n) is 2.01. The number of halogens is 1. The smallest absolute Gasteiger partial charge is 0.252 e. The van der Waals surface area contributed by atoms with Crippen LogP contribution in [-0.4, -0.2) is 18.0 Å². The highest BCUT2D eigenvalue weighted by Crippen LogP contribution is 2.39. The zero-order valence-electron chi connectivity index (χ0n) is 9.87. The third-order valence-corrected chi connectivity index (χ3v) is 4.11. The zero-order chi connectivity index (χ0) is 12.5. The highest BCUT2D eigenvalue weighted by atomic mass is 79.9. The minimum absolute atomic E-state index is 0.0580. The second-order valence-corrected chi connectivity index (χ2v) is 5.68. The molecule has 1 atom stereocenters. The van der Waals surface area contributed by atoms with E-state index in [4.69, 9.17) is 5.73 Å². The Morgan fingerprint density at radius 1 is 1.53 bits per heavy atom. The first-order chi connectivity index (χ1) is 8.07. The molecule has 0 bridgehead atoms. The standard InChI is InChI=1S/C13H17BrN2O/c1-13(8-15,9-6-7-9)16-12(17)10-4-2-3-5-11(10)14/h2-5,9H,6-8,15H2,1H3,(H,16,17). The second kappa shape index (κ2) is 4.78. The molecule has 92 valence electrons. The second-order valence-electron chi connectivity index (χ2n) is 4.83. The number of amides is 1. The van der Waals surface area contributed by atoms with Gasteiger partial charge in [0.2, 0.25) is 0 Å². The first-order valence-electron chi connectivity index (χ1n) is 5.84. The van der Waals surface area contributed by atoms with Crippen molar-refractivity contribution >= 4 is 21.8 Å². The lowest BCUT2D eigenvalue weighted by Crippen LogP contribution is -2.53. The Morgan fingerprint density at radius 2 is 2.18 bits per heavy atom. The molecule has 1 aliphatic carbocycles. The zero-order valence-corrected chi connectivity index (χ0v) is 11.5. The average Bonchev–Trinajstić information content (AvgIpc) is 3.13. The number of carbonyl (C=O) groups is 1. The molecule has 1 saturated carbocycles. The number of carbonyl (C=O) groups excluding carboxylic acids is 1. The van der Waals surface area contributed by atoms with E-state index in [1.807, 2.05) is 31.2 Å². The summed E-state index contributed by atoms with van der Waals surface area (Å²) >= 11 is 3.39. The average molecular weight is 297 g/mol. The molecule has 17 heavy (non-hydrogen) atoms. The summed E-state index contributed by atoms with van der Waals surface area (Å²) in [6, 6.07) is 7.43. The van der Waals surface area contributed by atoms with Crippen LogP contribution in [0.5, 0.6) is 0 Å². The Kier molecular flexibility index (Phi) is 3.54. The summed E-state index contributed by atoms with van der Waals surface area (Å²) in [5, 5.41) is 3.07. The molecule has 0 heterocycles. The monoisotopic (exact) mass is 296 g/mol. The van der Waals surface area contributed by atoms with Crippen LogP contribution in [0.4, 0.5) is 0 Å². The molecule has 1 amide bonds. The van der Waals surface area contributed by atoms with Crippen molar-refractivity contribution in [3.63, 3.8) is 0 Å². The van der Waals surface area contributed by atoms with E-state index in [1.54, 1.807) is 0 Å². The molecule has 1 aromatic carbocycles. The number of hydrogen-bond donors (Lipinski definition) is 2. The fraction of sp³-hybridized carbons (Fsp3) is 0.462. The van der Waals surface area contributed by atoms with Gasteiger partial charge in [0.25, 0.3) is 5.91 Å². The first-order valence-corrected chi connectivity index (χ1v) is 6.63. The summed E-state index contributed by atoms with van der Waals surface area (Å²) in [5.41, 5.74) is 6.17. The highest BCUT2D eigenvalue weighted by Gasteiger charge is 2.41. The molecular weight excluding hydrogens is 280 g/mol. The van der Waals surface area contributed by atoms with Crippen LogP contribution in [0.3, 0.4) is 0 Å². The van der Waals surface area contributed by atoms with Gasteiger partial charge < -0.3 is 11.1 Å². The summed E-state index contributed by atoms with van der Waals surface area (Å²) in [6.07, 6.45) is 2.31. The molecule has 3 nitrogen and oxygen atoms in total. The predicted molar refractivity (Wildman–Crippen MR) is 71.8 cm³/mol. The Hall–Kier alpha value is -0.870. The lowest BCUT2D eigenvalue weighted by molar-refractivity contribution is 0.0897. The maximum Gasteiger partial charge on any atom is 0.252 e. The molecule has 0 aromatic heterocycles. The first kappa shape index (κ1) is 12.6. The van der Waals surface area contributed by atoms with Crippen molar-refractivity contribution in [3.05, 3.63) is 34.3 Å². The predicted octanol–water partition coefficient (Wildman–Crippen LogP) is 2.31. The summed E-state index contributed by atoms with van der Waals surface area (Å²) in [6.45, 7) is 2.51. The molecule has 1 aliphatic rings. The van der Waals surface area contributed by atoms with E-state index in [2.05, 4.69) is 21.2 Å². The number of nitrogens with one attached hydrogen (secondary N) is 1. The van der Waals surface area contributed by atoms with Crippen LogP contribution in [-0.2, 0) is 0 Å². The highest BCUT2D eigenvalue weighted by molar-refractivity contribution is 9.10. The quantitative estimate of drug-likeness (QED) is 0.896. The van der Waals surface area contributed by atoms with Crippen LogP contribution >= 0.6 is 15.9 Å². The van der Waals surface area contributed by atoms with E-state index in [9.17, 15) is 4.79 Å². The Bertz CT molecular complexity index is 431. The molecule has 0 saturated heterocycles. The summed E-state index contributed by atoms with van der Waals surface area (Å²) in [4.78, 5) is 12.2. The van der Waals surface area contributed by atoms with Gasteiger partial charge in [-0.05, 0) is 53.7 Å². The van der Waals surface area contributed by atoms with E-state index >= 15 is 0 Å². The van der Waals surface area contributed by atoms with E-state index in [0.29, 0.717) is 18.0 Å². The maximum atomic E-state index is 12.2. The number of benzene rings is 1. The lowest BCUT2D eigenvalue weighted by Gasteiger charge is -2.29. The molecular formula is C13H17BrN2O. The summed E-state index contributed by atoms with van der Waals surface area (Å²) < 4.78 is 0.813. The van der Waals surface area contributed by atoms with Gasteiger partial charge in [-0.2, -0.15) is 0 Å². The van der Waals surface area contributed by atoms with Gasteiger partial charge in [-0.25, -0.2) is 0 Å². The molecule has 1 fully saturated rings. The molecule has 3 N–H and O–H groups in total. The largest absolute Gasteiger partial charge is 0.345 e. The van der Waals surface area contributed by atoms with E-state index in [-0.39, 0.29) is 11.4 Å². The normalized spacial score (nSPS) is 18.5. The molecule has 2 rings (SSSR count). The van der Waals surface area contributed by atoms with Gasteiger partial charge in [-0.1, -0.05) is 12.1 Å². The van der Waals surface area contributed by atoms with Gasteiger partial charge in [0, 0.05) is 11.0 Å². The van der Waals surface area contributed by atoms with Crippen LogP contribution in [0.1, 0.15) is 30.1 Å². The number of rotatable bonds is 4. The molecule has 1 unspecified atom stereocenters. The fourth-order valence-corrected chi connectivity index (χ4v) is 2.48. The Morgan fingerprint density at radius 3 is 2.71 bits per heavy atom. The van der Waals surface area contributed by atoms with Crippen molar-refractivity contribution in [3.8, 4) is 0 Å². The van der Waals surface area contributed by atoms with Gasteiger partial charge in [-0.15, -0.1) is 0 Å². The minimum Gasteiger partial charge on any atom is -0.345 e. The van der Waals surface area contributed by atoms with Gasteiger partial charge >= 0.3 is 0 Å². The number of hydrogen-bond acceptors (Lipinski definition) is 2. The lowest BCUT2D eigenvalue weighted by atomic mass is 9.95. The van der Waals surface area contributed by atoms with Crippen LogP contribution in [0.25, 0.3) is 0 Å². The van der Waals surface area contributed by atoms with Crippen molar-refractivity contribution in [1.29, 1.82) is 0 Å². The van der Waals surface area contributed by atoms with Crippen molar-refractivity contribution < 1.29 is 4.79 Å². The van der Waals surface area contributed by atoms with Crippen molar-refractivity contribution in [1.82, 2.24) is 5.32 Å². The van der Waals surface area contributed by atoms with Gasteiger partial charge in [0.1, 0.15) is 0 Å². The van der Waals surface area contributed by atoms with Crippen LogP contribution in [0, 0.1) is 5.92 Å². The Labute approximate surface area is 110 Å². The minimum atomic E-state index is -0.271. The van der Waals surface area contributed by atoms with E-state index in [1.165, 1.54) is 0 Å². The molecule has 0 aliphatic heterocycles. The number of nitrogens with two attached hydrogens (primary N) is 1. The molecule has 1 aromatic rings. The van der Waals surface area contributed by atoms with Crippen LogP contribution < -0.4 is 11.1 Å². The SMILES string of the molecule is CC(CN)(NC(=O)c1ccccc1Br)C1CC1. The Balaban J connectivity index is 2.13. The summed E-state index contributed by atoms with van der Waals surface area (Å²) in [7, 11) is 0. The van der Waals surface area contributed by atoms with Crippen molar-refractivity contribution in [2.24, 2.45) is 11.7 Å². The molecule has 4 heteroatoms. The van der Waals surface area contributed by atoms with E-state index < -0.39 is 0 Å². The maximum absolute atomic E-state index is 12.2. The van der Waals surface area contributed by atoms with E-state index in [0.717, 1.165) is 17.3 Å².